The minimum absolute atomic E-state index is 0.0331. The number of benzene rings is 1. The van der Waals surface area contributed by atoms with E-state index in [1.807, 2.05) is 55.0 Å². The fraction of sp³-hybridized carbons (Fsp3) is 0.619. The highest BCUT2D eigenvalue weighted by Gasteiger charge is 2.24. The Morgan fingerprint density at radius 2 is 2.14 bits per heavy atom. The Morgan fingerprint density at radius 3 is 2.82 bits per heavy atom. The number of carbonyl (C=O) groups excluding carboxylic acids is 1. The second kappa shape index (κ2) is 10.9. The van der Waals surface area contributed by atoms with Gasteiger partial charge in [0, 0.05) is 19.1 Å². The average molecular weight is 392 g/mol. The van der Waals surface area contributed by atoms with Crippen molar-refractivity contribution in [1.82, 2.24) is 15.1 Å². The zero-order chi connectivity index (χ0) is 20.5. The van der Waals surface area contributed by atoms with Gasteiger partial charge in [0.25, 0.3) is 0 Å². The van der Waals surface area contributed by atoms with Crippen LogP contribution in [0.4, 0.5) is 4.79 Å². The van der Waals surface area contributed by atoms with E-state index in [4.69, 9.17) is 9.84 Å². The van der Waals surface area contributed by atoms with E-state index < -0.39 is 5.97 Å². The summed E-state index contributed by atoms with van der Waals surface area (Å²) in [5.74, 6) is 0.000689. The van der Waals surface area contributed by atoms with E-state index in [9.17, 15) is 9.59 Å². The van der Waals surface area contributed by atoms with Crippen molar-refractivity contribution in [3.05, 3.63) is 29.8 Å². The maximum atomic E-state index is 12.6. The lowest BCUT2D eigenvalue weighted by atomic mass is 10.1. The first-order valence-corrected chi connectivity index (χ1v) is 10.1. The fourth-order valence-corrected chi connectivity index (χ4v) is 3.53. The molecule has 0 saturated carbocycles. The Bertz CT molecular complexity index is 652. The number of hydrogen-bond acceptors (Lipinski definition) is 4. The van der Waals surface area contributed by atoms with E-state index in [0.29, 0.717) is 19.6 Å². The van der Waals surface area contributed by atoms with Crippen molar-refractivity contribution in [2.75, 3.05) is 33.2 Å². The van der Waals surface area contributed by atoms with Gasteiger partial charge in [-0.05, 0) is 57.4 Å². The molecule has 1 fully saturated rings. The number of likely N-dealkylation sites (tertiary alicyclic amines) is 1. The summed E-state index contributed by atoms with van der Waals surface area (Å²) < 4.78 is 6.00. The second-order valence-corrected chi connectivity index (χ2v) is 7.53. The zero-order valence-corrected chi connectivity index (χ0v) is 17.2. The molecule has 1 aromatic carbocycles. The molecule has 1 aliphatic rings. The molecule has 0 bridgehead atoms. The molecular weight excluding hydrogens is 358 g/mol. The average Bonchev–Trinajstić information content (AvgIpc) is 2.90. The van der Waals surface area contributed by atoms with Crippen LogP contribution in [0.1, 0.15) is 38.2 Å². The molecule has 1 saturated heterocycles. The van der Waals surface area contributed by atoms with Gasteiger partial charge < -0.3 is 20.1 Å². The Morgan fingerprint density at radius 1 is 1.36 bits per heavy atom. The molecule has 28 heavy (non-hydrogen) atoms. The molecule has 0 radical (unpaired) electrons. The summed E-state index contributed by atoms with van der Waals surface area (Å²) in [6.45, 7) is 5.89. The minimum atomic E-state index is -0.819. The quantitative estimate of drug-likeness (QED) is 0.712. The number of aliphatic carboxylic acids is 1. The molecule has 1 heterocycles. The Hall–Kier alpha value is -2.28. The summed E-state index contributed by atoms with van der Waals surface area (Å²) in [5.41, 5.74) is 1.14. The van der Waals surface area contributed by atoms with E-state index in [1.165, 1.54) is 0 Å². The molecule has 156 valence electrons. The number of ether oxygens (including phenoxy) is 1. The van der Waals surface area contributed by atoms with Gasteiger partial charge in [-0.2, -0.15) is 0 Å². The lowest BCUT2D eigenvalue weighted by Gasteiger charge is -2.26. The summed E-state index contributed by atoms with van der Waals surface area (Å²) in [7, 11) is 1.84. The van der Waals surface area contributed by atoms with Gasteiger partial charge in [-0.1, -0.05) is 19.1 Å². The van der Waals surface area contributed by atoms with Crippen LogP contribution in [-0.4, -0.2) is 72.3 Å². The number of amides is 2. The van der Waals surface area contributed by atoms with E-state index >= 15 is 0 Å². The number of nitrogens with one attached hydrogen (secondary N) is 1. The Kier molecular flexibility index (Phi) is 8.57. The van der Waals surface area contributed by atoms with E-state index in [1.54, 1.807) is 0 Å². The molecule has 1 aromatic rings. The van der Waals surface area contributed by atoms with Gasteiger partial charge in [-0.25, -0.2) is 4.79 Å². The molecule has 2 unspecified atom stereocenters. The summed E-state index contributed by atoms with van der Waals surface area (Å²) in [6.07, 6.45) is 3.29. The molecule has 2 rings (SSSR count). The van der Waals surface area contributed by atoms with Crippen LogP contribution in [0.2, 0.25) is 0 Å². The number of nitrogens with zero attached hydrogens (tertiary/aromatic N) is 2. The molecular formula is C21H33N3O4. The SMILES string of the molecule is CCC(CNC(=O)N1CCCC(N(C)CC(=O)O)CC1)Oc1cccc(C)c1. The highest BCUT2D eigenvalue weighted by Crippen LogP contribution is 2.17. The van der Waals surface area contributed by atoms with E-state index in [0.717, 1.165) is 37.0 Å². The molecule has 0 aliphatic carbocycles. The molecule has 2 atom stereocenters. The van der Waals surface area contributed by atoms with E-state index in [-0.39, 0.29) is 24.7 Å². The van der Waals surface area contributed by atoms with Crippen molar-refractivity contribution in [1.29, 1.82) is 0 Å². The number of carbonyl (C=O) groups is 2. The fourth-order valence-electron chi connectivity index (χ4n) is 3.53. The van der Waals surface area contributed by atoms with Gasteiger partial charge in [0.05, 0.1) is 13.1 Å². The maximum absolute atomic E-state index is 12.6. The third kappa shape index (κ3) is 7.03. The van der Waals surface area contributed by atoms with Crippen molar-refractivity contribution in [3.63, 3.8) is 0 Å². The number of carboxylic acids is 1. The van der Waals surface area contributed by atoms with Crippen LogP contribution >= 0.6 is 0 Å². The first-order chi connectivity index (χ1) is 13.4. The normalized spacial score (nSPS) is 18.4. The maximum Gasteiger partial charge on any atom is 0.317 e. The van der Waals surface area contributed by atoms with Crippen LogP contribution in [-0.2, 0) is 4.79 Å². The molecule has 2 amide bonds. The minimum Gasteiger partial charge on any atom is -0.489 e. The number of urea groups is 1. The first kappa shape index (κ1) is 22.0. The van der Waals surface area contributed by atoms with Crippen molar-refractivity contribution >= 4 is 12.0 Å². The smallest absolute Gasteiger partial charge is 0.317 e. The van der Waals surface area contributed by atoms with Crippen molar-refractivity contribution in [3.8, 4) is 5.75 Å². The predicted molar refractivity (Wildman–Crippen MR) is 109 cm³/mol. The highest BCUT2D eigenvalue weighted by molar-refractivity contribution is 5.74. The van der Waals surface area contributed by atoms with Crippen molar-refractivity contribution in [2.45, 2.75) is 51.7 Å². The Balaban J connectivity index is 1.80. The highest BCUT2D eigenvalue weighted by atomic mass is 16.5. The lowest BCUT2D eigenvalue weighted by molar-refractivity contribution is -0.138. The summed E-state index contributed by atoms with van der Waals surface area (Å²) >= 11 is 0. The van der Waals surface area contributed by atoms with Crippen LogP contribution in [0.5, 0.6) is 5.75 Å². The van der Waals surface area contributed by atoms with Gasteiger partial charge in [0.15, 0.2) is 0 Å². The van der Waals surface area contributed by atoms with Crippen LogP contribution in [0, 0.1) is 6.92 Å². The molecule has 2 N–H and O–H groups in total. The van der Waals surface area contributed by atoms with Gasteiger partial charge >= 0.3 is 12.0 Å². The summed E-state index contributed by atoms with van der Waals surface area (Å²) in [6, 6.07) is 8.03. The van der Waals surface area contributed by atoms with Gasteiger partial charge in [0.1, 0.15) is 11.9 Å². The number of aryl methyl sites for hydroxylation is 1. The van der Waals surface area contributed by atoms with Gasteiger partial charge in [-0.15, -0.1) is 0 Å². The third-order valence-corrected chi connectivity index (χ3v) is 5.22. The summed E-state index contributed by atoms with van der Waals surface area (Å²) in [4.78, 5) is 27.2. The topological polar surface area (TPSA) is 82.1 Å². The van der Waals surface area contributed by atoms with Gasteiger partial charge in [-0.3, -0.25) is 9.69 Å². The number of hydrogen-bond donors (Lipinski definition) is 2. The molecule has 7 heteroatoms. The monoisotopic (exact) mass is 391 g/mol. The first-order valence-electron chi connectivity index (χ1n) is 10.1. The number of rotatable bonds is 8. The predicted octanol–water partition coefficient (Wildman–Crippen LogP) is 2.73. The third-order valence-electron chi connectivity index (χ3n) is 5.22. The standard InChI is InChI=1S/C21H33N3O4/c1-4-18(28-19-9-5-7-16(2)13-19)14-22-21(27)24-11-6-8-17(10-12-24)23(3)15-20(25)26/h5,7,9,13,17-18H,4,6,8,10-12,14-15H2,1-3H3,(H,22,27)(H,25,26). The van der Waals surface area contributed by atoms with Gasteiger partial charge in [0.2, 0.25) is 0 Å². The second-order valence-electron chi connectivity index (χ2n) is 7.53. The van der Waals surface area contributed by atoms with E-state index in [2.05, 4.69) is 5.32 Å². The van der Waals surface area contributed by atoms with Crippen LogP contribution in [0.25, 0.3) is 0 Å². The largest absolute Gasteiger partial charge is 0.489 e. The van der Waals surface area contributed by atoms with Crippen molar-refractivity contribution < 1.29 is 19.4 Å². The molecule has 0 spiro atoms. The van der Waals surface area contributed by atoms with Crippen LogP contribution in [0.15, 0.2) is 24.3 Å². The number of carboxylic acid groups (broad SMARTS) is 1. The summed E-state index contributed by atoms with van der Waals surface area (Å²) in [5, 5.41) is 12.0. The van der Waals surface area contributed by atoms with Crippen molar-refractivity contribution in [2.24, 2.45) is 0 Å². The van der Waals surface area contributed by atoms with Crippen LogP contribution in [0.3, 0.4) is 0 Å². The lowest BCUT2D eigenvalue weighted by Crippen LogP contribution is -2.44. The molecule has 7 nitrogen and oxygen atoms in total. The number of likely N-dealkylation sites (N-methyl/N-ethyl adjacent to an activating group) is 1. The zero-order valence-electron chi connectivity index (χ0n) is 17.2. The molecule has 0 aromatic heterocycles. The Labute approximate surface area is 167 Å². The van der Waals surface area contributed by atoms with Crippen LogP contribution < -0.4 is 10.1 Å². The molecule has 1 aliphatic heterocycles.